The van der Waals surface area contributed by atoms with Gasteiger partial charge >= 0.3 is 0 Å². The lowest BCUT2D eigenvalue weighted by atomic mass is 9.85. The van der Waals surface area contributed by atoms with Crippen molar-refractivity contribution in [1.29, 1.82) is 0 Å². The van der Waals surface area contributed by atoms with E-state index in [-0.39, 0.29) is 17.5 Å². The highest BCUT2D eigenvalue weighted by molar-refractivity contribution is 5.94. The summed E-state index contributed by atoms with van der Waals surface area (Å²) in [6.45, 7) is 0. The Labute approximate surface area is 175 Å². The van der Waals surface area contributed by atoms with Crippen LogP contribution in [0.15, 0.2) is 65.5 Å². The molecule has 6 heteroatoms. The van der Waals surface area contributed by atoms with Crippen LogP contribution in [0.5, 0.6) is 5.75 Å². The molecule has 0 radical (unpaired) electrons. The highest BCUT2D eigenvalue weighted by Gasteiger charge is 2.23. The number of benzene rings is 2. The van der Waals surface area contributed by atoms with E-state index in [1.807, 2.05) is 30.3 Å². The zero-order valence-corrected chi connectivity index (χ0v) is 16.9. The molecule has 4 rings (SSSR count). The lowest BCUT2D eigenvalue weighted by molar-refractivity contribution is 0.0936. The van der Waals surface area contributed by atoms with Crippen molar-refractivity contribution in [3.63, 3.8) is 0 Å². The first-order valence-corrected chi connectivity index (χ1v) is 10.2. The van der Waals surface area contributed by atoms with Crippen LogP contribution in [0.2, 0.25) is 0 Å². The summed E-state index contributed by atoms with van der Waals surface area (Å²) in [5.41, 5.74) is 2.01. The number of carbonyl (C=O) groups is 1. The summed E-state index contributed by atoms with van der Waals surface area (Å²) in [6, 6.07) is 18.0. The Morgan fingerprint density at radius 2 is 1.97 bits per heavy atom. The molecular formula is C24H25N3O3. The molecule has 1 aliphatic carbocycles. The molecule has 30 heavy (non-hydrogen) atoms. The Kier molecular flexibility index (Phi) is 5.93. The van der Waals surface area contributed by atoms with E-state index in [0.717, 1.165) is 24.2 Å². The molecular weight excluding hydrogens is 378 g/mol. The first-order valence-electron chi connectivity index (χ1n) is 10.2. The van der Waals surface area contributed by atoms with Crippen LogP contribution in [0, 0.1) is 0 Å². The van der Waals surface area contributed by atoms with Gasteiger partial charge in [0, 0.05) is 24.0 Å². The smallest absolute Gasteiger partial charge is 0.251 e. The number of aromatic nitrogens is 2. The Balaban J connectivity index is 1.60. The molecule has 1 atom stereocenters. The van der Waals surface area contributed by atoms with Crippen LogP contribution >= 0.6 is 0 Å². The number of amides is 1. The fraction of sp³-hybridized carbons (Fsp3) is 0.292. The van der Waals surface area contributed by atoms with Gasteiger partial charge in [-0.2, -0.15) is 0 Å². The van der Waals surface area contributed by atoms with Gasteiger partial charge in [-0.3, -0.25) is 9.59 Å². The number of ether oxygens (including phenoxy) is 1. The first kappa shape index (κ1) is 19.9. The Bertz CT molecular complexity index is 1070. The van der Waals surface area contributed by atoms with Crippen molar-refractivity contribution >= 4 is 5.91 Å². The number of rotatable bonds is 7. The lowest BCUT2D eigenvalue weighted by Gasteiger charge is -2.25. The van der Waals surface area contributed by atoms with Gasteiger partial charge in [-0.1, -0.05) is 42.8 Å². The molecule has 1 heterocycles. The van der Waals surface area contributed by atoms with Gasteiger partial charge in [0.2, 0.25) is 0 Å². The number of aromatic amines is 1. The average Bonchev–Trinajstić information content (AvgIpc) is 2.72. The molecule has 6 nitrogen and oxygen atoms in total. The van der Waals surface area contributed by atoms with Crippen molar-refractivity contribution < 1.29 is 9.53 Å². The third-order valence-electron chi connectivity index (χ3n) is 5.56. The molecule has 1 aromatic heterocycles. The second-order valence-electron chi connectivity index (χ2n) is 7.62. The predicted octanol–water partition coefficient (Wildman–Crippen LogP) is 3.76. The quantitative estimate of drug-likeness (QED) is 0.629. The van der Waals surface area contributed by atoms with Gasteiger partial charge in [-0.25, -0.2) is 4.98 Å². The zero-order chi connectivity index (χ0) is 20.9. The van der Waals surface area contributed by atoms with Crippen LogP contribution in [0.1, 0.15) is 58.7 Å². The highest BCUT2D eigenvalue weighted by atomic mass is 16.5. The monoisotopic (exact) mass is 403 g/mol. The van der Waals surface area contributed by atoms with Crippen molar-refractivity contribution in [1.82, 2.24) is 15.3 Å². The summed E-state index contributed by atoms with van der Waals surface area (Å²) in [5.74, 6) is 1.51. The highest BCUT2D eigenvalue weighted by Crippen LogP contribution is 2.34. The number of hydrogen-bond acceptors (Lipinski definition) is 4. The first-order chi connectivity index (χ1) is 14.6. The Morgan fingerprint density at radius 3 is 2.67 bits per heavy atom. The summed E-state index contributed by atoms with van der Waals surface area (Å²) in [6.07, 6.45) is 3.72. The third kappa shape index (κ3) is 4.59. The molecule has 1 aliphatic rings. The molecule has 0 bridgehead atoms. The molecule has 1 fully saturated rings. The number of nitrogens with one attached hydrogen (secondary N) is 2. The molecule has 0 aliphatic heterocycles. The van der Waals surface area contributed by atoms with Gasteiger partial charge in [0.25, 0.3) is 11.5 Å². The number of nitrogens with zero attached hydrogens (tertiary/aromatic N) is 1. The van der Waals surface area contributed by atoms with Crippen molar-refractivity contribution in [2.24, 2.45) is 0 Å². The molecule has 0 unspecified atom stereocenters. The van der Waals surface area contributed by atoms with Gasteiger partial charge in [-0.15, -0.1) is 0 Å². The van der Waals surface area contributed by atoms with E-state index >= 15 is 0 Å². The Morgan fingerprint density at radius 1 is 1.17 bits per heavy atom. The molecule has 1 saturated carbocycles. The van der Waals surface area contributed by atoms with Gasteiger partial charge in [0.05, 0.1) is 18.8 Å². The summed E-state index contributed by atoms with van der Waals surface area (Å²) in [7, 11) is 1.57. The van der Waals surface area contributed by atoms with E-state index in [9.17, 15) is 9.59 Å². The van der Waals surface area contributed by atoms with Crippen molar-refractivity contribution in [2.45, 2.75) is 37.6 Å². The van der Waals surface area contributed by atoms with Crippen LogP contribution in [-0.4, -0.2) is 23.0 Å². The van der Waals surface area contributed by atoms with Gasteiger partial charge in [0.15, 0.2) is 0 Å². The normalized spacial score (nSPS) is 14.6. The molecule has 154 valence electrons. The van der Waals surface area contributed by atoms with E-state index in [1.165, 1.54) is 12.5 Å². The van der Waals surface area contributed by atoms with Crippen LogP contribution in [0.4, 0.5) is 0 Å². The molecule has 3 aromatic rings. The topological polar surface area (TPSA) is 84.1 Å². The van der Waals surface area contributed by atoms with Crippen molar-refractivity contribution in [2.75, 3.05) is 7.11 Å². The number of H-pyrrole nitrogens is 1. The minimum Gasteiger partial charge on any atom is -0.497 e. The average molecular weight is 403 g/mol. The maximum Gasteiger partial charge on any atom is 0.251 e. The van der Waals surface area contributed by atoms with Gasteiger partial charge in [-0.05, 0) is 36.6 Å². The number of carbonyl (C=O) groups excluding carboxylic acids is 1. The lowest BCUT2D eigenvalue weighted by Crippen LogP contribution is -2.31. The fourth-order valence-corrected chi connectivity index (χ4v) is 3.66. The molecule has 2 N–H and O–H groups in total. The van der Waals surface area contributed by atoms with Crippen LogP contribution in [0.25, 0.3) is 0 Å². The van der Waals surface area contributed by atoms with Crippen molar-refractivity contribution in [3.05, 3.63) is 93.7 Å². The predicted molar refractivity (Wildman–Crippen MR) is 115 cm³/mol. The fourth-order valence-electron chi connectivity index (χ4n) is 3.66. The summed E-state index contributed by atoms with van der Waals surface area (Å²) < 4.78 is 5.23. The molecule has 0 spiro atoms. The summed E-state index contributed by atoms with van der Waals surface area (Å²) in [5, 5.41) is 3.10. The van der Waals surface area contributed by atoms with Gasteiger partial charge < -0.3 is 15.0 Å². The van der Waals surface area contributed by atoms with Crippen LogP contribution in [0.3, 0.4) is 0 Å². The largest absolute Gasteiger partial charge is 0.497 e. The Hall–Kier alpha value is -3.41. The number of methoxy groups -OCH3 is 1. The molecule has 1 amide bonds. The second kappa shape index (κ2) is 8.95. The molecule has 2 aromatic carbocycles. The maximum absolute atomic E-state index is 12.9. The minimum absolute atomic E-state index is 0.146. The van der Waals surface area contributed by atoms with Gasteiger partial charge in [0.1, 0.15) is 11.6 Å². The van der Waals surface area contributed by atoms with Crippen molar-refractivity contribution in [3.8, 4) is 5.75 Å². The maximum atomic E-state index is 12.9. The van der Waals surface area contributed by atoms with E-state index in [4.69, 9.17) is 9.72 Å². The molecule has 0 saturated heterocycles. The van der Waals surface area contributed by atoms with E-state index in [2.05, 4.69) is 10.3 Å². The minimum atomic E-state index is -0.312. The SMILES string of the molecule is COc1cccc(C(=O)N[C@@H](Cc2cc(=O)[nH]c(C3CCC3)n2)c2ccccc2)c1. The summed E-state index contributed by atoms with van der Waals surface area (Å²) >= 11 is 0. The standard InChI is InChI=1S/C24H25N3O3/c1-30-20-12-6-11-18(13-20)24(29)26-21(16-7-3-2-4-8-16)14-19-15-22(28)27-23(25-19)17-9-5-10-17/h2-4,6-8,11-13,15,17,21H,5,9-10,14H2,1H3,(H,26,29)(H,25,27,28)/t21-/m0/s1. The van der Waals surface area contributed by atoms with E-state index in [1.54, 1.807) is 31.4 Å². The number of hydrogen-bond donors (Lipinski definition) is 2. The third-order valence-corrected chi connectivity index (χ3v) is 5.56. The van der Waals surface area contributed by atoms with E-state index in [0.29, 0.717) is 29.3 Å². The van der Waals surface area contributed by atoms with Crippen LogP contribution in [-0.2, 0) is 6.42 Å². The zero-order valence-electron chi connectivity index (χ0n) is 16.9. The van der Waals surface area contributed by atoms with Crippen LogP contribution < -0.4 is 15.6 Å². The second-order valence-corrected chi connectivity index (χ2v) is 7.62. The summed E-state index contributed by atoms with van der Waals surface area (Å²) in [4.78, 5) is 32.7. The van der Waals surface area contributed by atoms with E-state index < -0.39 is 0 Å².